The molecule has 0 saturated carbocycles. The monoisotopic (exact) mass is 525 g/mol. The zero-order valence-electron chi connectivity index (χ0n) is 21.6. The quantitative estimate of drug-likeness (QED) is 0.198. The first-order valence-electron chi connectivity index (χ1n) is 13.7. The summed E-state index contributed by atoms with van der Waals surface area (Å²) in [6.07, 6.45) is 0. The zero-order valence-corrected chi connectivity index (χ0v) is 22.5. The van der Waals surface area contributed by atoms with Gasteiger partial charge in [-0.15, -0.1) is 11.3 Å². The van der Waals surface area contributed by atoms with Crippen molar-refractivity contribution >= 4 is 74.9 Å². The molecule has 0 fully saturated rings. The van der Waals surface area contributed by atoms with Crippen LogP contribution in [0, 0.1) is 0 Å². The lowest BCUT2D eigenvalue weighted by atomic mass is 9.96. The predicted octanol–water partition coefficient (Wildman–Crippen LogP) is 11.1. The van der Waals surface area contributed by atoms with Crippen LogP contribution in [0.25, 0.3) is 80.3 Å². The molecular weight excluding hydrogens is 502 g/mol. The van der Waals surface area contributed by atoms with E-state index in [2.05, 4.69) is 144 Å². The molecule has 0 bridgehead atoms. The van der Waals surface area contributed by atoms with Crippen molar-refractivity contribution in [2.75, 3.05) is 0 Å². The molecule has 0 aliphatic carbocycles. The fourth-order valence-corrected chi connectivity index (χ4v) is 7.69. The highest BCUT2D eigenvalue weighted by molar-refractivity contribution is 7.25. The number of rotatable bonds is 2. The Morgan fingerprint density at radius 2 is 1.00 bits per heavy atom. The third kappa shape index (κ3) is 3.03. The largest absolute Gasteiger partial charge is 0.309 e. The van der Waals surface area contributed by atoms with Crippen LogP contribution >= 0.6 is 11.3 Å². The molecule has 40 heavy (non-hydrogen) atoms. The average Bonchev–Trinajstić information content (AvgIpc) is 3.57. The van der Waals surface area contributed by atoms with Crippen molar-refractivity contribution in [2.24, 2.45) is 0 Å². The molecule has 2 aromatic heterocycles. The summed E-state index contributed by atoms with van der Waals surface area (Å²) in [6, 6.07) is 51.2. The van der Waals surface area contributed by atoms with E-state index in [4.69, 9.17) is 0 Å². The molecule has 0 spiro atoms. The van der Waals surface area contributed by atoms with Gasteiger partial charge in [-0.3, -0.25) is 0 Å². The summed E-state index contributed by atoms with van der Waals surface area (Å²) in [5.41, 5.74) is 6.16. The Balaban J connectivity index is 1.43. The average molecular weight is 526 g/mol. The van der Waals surface area contributed by atoms with Crippen LogP contribution in [0.4, 0.5) is 0 Å². The standard InChI is InChI=1S/C38H23NS/c1-2-10-26(11-3-1)39-34-23-25(24-19-21-36-33(22-24)29-14-8-9-17-35(29)40-36)18-20-32(34)37-30-15-6-4-12-27(30)28-13-5-7-16-31(28)38(37)39/h1-23H. The van der Waals surface area contributed by atoms with Gasteiger partial charge >= 0.3 is 0 Å². The summed E-state index contributed by atoms with van der Waals surface area (Å²) in [6.45, 7) is 0. The van der Waals surface area contributed by atoms with E-state index >= 15 is 0 Å². The van der Waals surface area contributed by atoms with Crippen molar-refractivity contribution in [3.05, 3.63) is 140 Å². The van der Waals surface area contributed by atoms with E-state index in [1.165, 1.54) is 80.3 Å². The van der Waals surface area contributed by atoms with Gasteiger partial charge in [-0.2, -0.15) is 0 Å². The SMILES string of the molecule is c1ccc(-n2c3cc(-c4ccc5sc6ccccc6c5c4)ccc3c3c4ccccc4c4ccccc4c32)cc1. The molecule has 2 heterocycles. The van der Waals surface area contributed by atoms with Crippen molar-refractivity contribution in [2.45, 2.75) is 0 Å². The Kier molecular flexibility index (Phi) is 4.55. The van der Waals surface area contributed by atoms with Crippen LogP contribution in [-0.4, -0.2) is 4.57 Å². The van der Waals surface area contributed by atoms with E-state index < -0.39 is 0 Å². The molecule has 0 saturated heterocycles. The summed E-state index contributed by atoms with van der Waals surface area (Å²) in [7, 11) is 0. The molecule has 186 valence electrons. The lowest BCUT2D eigenvalue weighted by Crippen LogP contribution is -1.94. The predicted molar refractivity (Wildman–Crippen MR) is 174 cm³/mol. The molecule has 0 unspecified atom stereocenters. The molecular formula is C38H23NS. The Morgan fingerprint density at radius 3 is 1.82 bits per heavy atom. The van der Waals surface area contributed by atoms with Gasteiger partial charge in [0.25, 0.3) is 0 Å². The first-order chi connectivity index (χ1) is 19.8. The van der Waals surface area contributed by atoms with Crippen molar-refractivity contribution < 1.29 is 0 Å². The van der Waals surface area contributed by atoms with Crippen LogP contribution in [0.3, 0.4) is 0 Å². The number of aromatic nitrogens is 1. The van der Waals surface area contributed by atoms with Gasteiger partial charge in [0.05, 0.1) is 11.0 Å². The van der Waals surface area contributed by atoms with Crippen molar-refractivity contribution in [3.8, 4) is 16.8 Å². The minimum absolute atomic E-state index is 1.18. The van der Waals surface area contributed by atoms with E-state index in [9.17, 15) is 0 Å². The number of fused-ring (bicyclic) bond motifs is 11. The molecule has 0 aliphatic heterocycles. The molecule has 7 aromatic carbocycles. The maximum absolute atomic E-state index is 2.47. The van der Waals surface area contributed by atoms with E-state index in [1.54, 1.807) is 0 Å². The molecule has 0 N–H and O–H groups in total. The maximum Gasteiger partial charge on any atom is 0.0625 e. The smallest absolute Gasteiger partial charge is 0.0625 e. The second-order valence-electron chi connectivity index (χ2n) is 10.5. The number of para-hydroxylation sites is 1. The van der Waals surface area contributed by atoms with Crippen LogP contribution < -0.4 is 0 Å². The van der Waals surface area contributed by atoms with Gasteiger partial charge in [0.1, 0.15) is 0 Å². The van der Waals surface area contributed by atoms with Gasteiger partial charge in [-0.25, -0.2) is 0 Å². The molecule has 0 atom stereocenters. The van der Waals surface area contributed by atoms with Gasteiger partial charge in [0.2, 0.25) is 0 Å². The highest BCUT2D eigenvalue weighted by atomic mass is 32.1. The van der Waals surface area contributed by atoms with Gasteiger partial charge in [0, 0.05) is 42.0 Å². The van der Waals surface area contributed by atoms with Crippen LogP contribution in [0.5, 0.6) is 0 Å². The minimum Gasteiger partial charge on any atom is -0.309 e. The molecule has 9 aromatic rings. The summed E-state index contributed by atoms with van der Waals surface area (Å²) in [5, 5.41) is 10.4. The molecule has 2 heteroatoms. The summed E-state index contributed by atoms with van der Waals surface area (Å²) in [5.74, 6) is 0. The van der Waals surface area contributed by atoms with E-state index in [0.717, 1.165) is 0 Å². The van der Waals surface area contributed by atoms with Gasteiger partial charge in [-0.05, 0) is 63.7 Å². The molecule has 1 nitrogen and oxygen atoms in total. The van der Waals surface area contributed by atoms with Crippen LogP contribution in [0.2, 0.25) is 0 Å². The van der Waals surface area contributed by atoms with Gasteiger partial charge < -0.3 is 4.57 Å². The zero-order chi connectivity index (χ0) is 26.2. The second kappa shape index (κ2) is 8.29. The topological polar surface area (TPSA) is 4.93 Å². The number of nitrogens with zero attached hydrogens (tertiary/aromatic N) is 1. The Labute approximate surface area is 235 Å². The second-order valence-corrected chi connectivity index (χ2v) is 11.6. The first-order valence-corrected chi connectivity index (χ1v) is 14.5. The Morgan fingerprint density at radius 1 is 0.400 bits per heavy atom. The highest BCUT2D eigenvalue weighted by Gasteiger charge is 2.19. The van der Waals surface area contributed by atoms with Crippen LogP contribution in [0.1, 0.15) is 0 Å². The maximum atomic E-state index is 2.47. The lowest BCUT2D eigenvalue weighted by Gasteiger charge is -2.12. The number of thiophene rings is 1. The fourth-order valence-electron chi connectivity index (χ4n) is 6.61. The van der Waals surface area contributed by atoms with E-state index in [0.29, 0.717) is 0 Å². The first kappa shape index (κ1) is 22.0. The third-order valence-electron chi connectivity index (χ3n) is 8.36. The van der Waals surface area contributed by atoms with Crippen molar-refractivity contribution in [1.29, 1.82) is 0 Å². The van der Waals surface area contributed by atoms with Gasteiger partial charge in [0.15, 0.2) is 0 Å². The summed E-state index contributed by atoms with van der Waals surface area (Å²) in [4.78, 5) is 0. The molecule has 0 radical (unpaired) electrons. The Hall–Kier alpha value is -4.92. The molecule has 0 aliphatic rings. The van der Waals surface area contributed by atoms with Crippen LogP contribution in [-0.2, 0) is 0 Å². The highest BCUT2D eigenvalue weighted by Crippen LogP contribution is 2.43. The molecule has 0 amide bonds. The fraction of sp³-hybridized carbons (Fsp3) is 0. The summed E-state index contributed by atoms with van der Waals surface area (Å²) >= 11 is 1.87. The van der Waals surface area contributed by atoms with Crippen LogP contribution in [0.15, 0.2) is 140 Å². The van der Waals surface area contributed by atoms with Crippen molar-refractivity contribution in [1.82, 2.24) is 4.57 Å². The number of hydrogen-bond donors (Lipinski definition) is 0. The number of benzene rings is 7. The van der Waals surface area contributed by atoms with E-state index in [-0.39, 0.29) is 0 Å². The van der Waals surface area contributed by atoms with Crippen molar-refractivity contribution in [3.63, 3.8) is 0 Å². The Bertz CT molecular complexity index is 2420. The third-order valence-corrected chi connectivity index (χ3v) is 9.51. The summed E-state index contributed by atoms with van der Waals surface area (Å²) < 4.78 is 5.15. The van der Waals surface area contributed by atoms with E-state index in [1.807, 2.05) is 11.3 Å². The van der Waals surface area contributed by atoms with Gasteiger partial charge in [-0.1, -0.05) is 103 Å². The normalized spacial score (nSPS) is 12.0. The molecule has 9 rings (SSSR count). The minimum atomic E-state index is 1.18. The number of hydrogen-bond acceptors (Lipinski definition) is 1. The lowest BCUT2D eigenvalue weighted by molar-refractivity contribution is 1.19.